The van der Waals surface area contributed by atoms with Crippen molar-refractivity contribution in [3.05, 3.63) is 64.8 Å². The summed E-state index contributed by atoms with van der Waals surface area (Å²) in [6, 6.07) is 13.5. The number of piperazine rings is 1. The van der Waals surface area contributed by atoms with Gasteiger partial charge in [0, 0.05) is 54.1 Å². The zero-order valence-corrected chi connectivity index (χ0v) is 24.4. The van der Waals surface area contributed by atoms with Gasteiger partial charge in [-0.25, -0.2) is 14.8 Å². The molecule has 7 nitrogen and oxygen atoms in total. The molecule has 0 unspecified atom stereocenters. The SMILES string of the molecule is Cc1cc2nc(-c3ccnc(N4CCN(C)CC4)c3)sc2c(-c2ccc(Cl)cc2)c1[C@H](OC(C)(C)C)C(=O)O. The lowest BCUT2D eigenvalue weighted by molar-refractivity contribution is -0.160. The van der Waals surface area contributed by atoms with Crippen LogP contribution in [-0.4, -0.2) is 64.8 Å². The fourth-order valence-corrected chi connectivity index (χ4v) is 6.17. The molecule has 4 aromatic rings. The van der Waals surface area contributed by atoms with Gasteiger partial charge >= 0.3 is 5.97 Å². The van der Waals surface area contributed by atoms with Crippen LogP contribution in [0, 0.1) is 6.92 Å². The monoisotopic (exact) mass is 564 g/mol. The van der Waals surface area contributed by atoms with Crippen molar-refractivity contribution in [2.45, 2.75) is 39.4 Å². The summed E-state index contributed by atoms with van der Waals surface area (Å²) in [6.07, 6.45) is 0.694. The first-order valence-corrected chi connectivity index (χ1v) is 14.2. The number of rotatable bonds is 6. The van der Waals surface area contributed by atoms with Gasteiger partial charge in [-0.1, -0.05) is 23.7 Å². The Labute approximate surface area is 238 Å². The molecular weight excluding hydrogens is 532 g/mol. The topological polar surface area (TPSA) is 78.8 Å². The van der Waals surface area contributed by atoms with E-state index in [-0.39, 0.29) is 0 Å². The van der Waals surface area contributed by atoms with Crippen LogP contribution >= 0.6 is 22.9 Å². The molecule has 1 atom stereocenters. The normalized spacial score (nSPS) is 15.6. The number of carboxylic acids is 1. The predicted molar refractivity (Wildman–Crippen MR) is 159 cm³/mol. The van der Waals surface area contributed by atoms with Gasteiger partial charge in [-0.15, -0.1) is 11.3 Å². The van der Waals surface area contributed by atoms with E-state index in [4.69, 9.17) is 21.3 Å². The summed E-state index contributed by atoms with van der Waals surface area (Å²) in [5, 5.41) is 11.8. The summed E-state index contributed by atoms with van der Waals surface area (Å²) in [7, 11) is 2.14. The highest BCUT2D eigenvalue weighted by molar-refractivity contribution is 7.22. The number of thiazole rings is 1. The van der Waals surface area contributed by atoms with E-state index in [0.717, 1.165) is 69.5 Å². The van der Waals surface area contributed by atoms with E-state index in [1.165, 1.54) is 0 Å². The van der Waals surface area contributed by atoms with E-state index < -0.39 is 17.7 Å². The number of aromatic nitrogens is 2. The number of pyridine rings is 1. The van der Waals surface area contributed by atoms with Crippen molar-refractivity contribution in [1.29, 1.82) is 0 Å². The lowest BCUT2D eigenvalue weighted by atomic mass is 9.91. The second-order valence-corrected chi connectivity index (χ2v) is 12.4. The van der Waals surface area contributed by atoms with Crippen LogP contribution in [0.4, 0.5) is 5.82 Å². The number of hydrogen-bond donors (Lipinski definition) is 1. The maximum Gasteiger partial charge on any atom is 0.337 e. The van der Waals surface area contributed by atoms with Gasteiger partial charge in [0.05, 0.1) is 15.8 Å². The molecule has 1 saturated heterocycles. The fraction of sp³-hybridized carbons (Fsp3) is 0.367. The molecule has 0 bridgehead atoms. The Morgan fingerprint density at radius 3 is 2.41 bits per heavy atom. The first-order valence-electron chi connectivity index (χ1n) is 13.0. The van der Waals surface area contributed by atoms with Gasteiger partial charge in [-0.3, -0.25) is 0 Å². The number of carbonyl (C=O) groups is 1. The largest absolute Gasteiger partial charge is 0.479 e. The molecular formula is C30H33ClN4O3S. The number of likely N-dealkylation sites (N-methyl/N-ethyl adjacent to an activating group) is 1. The van der Waals surface area contributed by atoms with Crippen molar-refractivity contribution >= 4 is 44.9 Å². The van der Waals surface area contributed by atoms with Gasteiger partial charge in [0.15, 0.2) is 6.10 Å². The fourth-order valence-electron chi connectivity index (χ4n) is 4.92. The van der Waals surface area contributed by atoms with E-state index in [1.54, 1.807) is 11.3 Å². The van der Waals surface area contributed by atoms with E-state index in [9.17, 15) is 9.90 Å². The summed E-state index contributed by atoms with van der Waals surface area (Å²) in [4.78, 5) is 26.8. The molecule has 1 aliphatic rings. The second-order valence-electron chi connectivity index (χ2n) is 11.0. The van der Waals surface area contributed by atoms with E-state index >= 15 is 0 Å². The highest BCUT2D eigenvalue weighted by atomic mass is 35.5. The van der Waals surface area contributed by atoms with Crippen LogP contribution in [0.1, 0.15) is 38.0 Å². The number of aliphatic carboxylic acids is 1. The Morgan fingerprint density at radius 2 is 1.77 bits per heavy atom. The van der Waals surface area contributed by atoms with Gasteiger partial charge in [0.25, 0.3) is 0 Å². The Balaban J connectivity index is 1.67. The van der Waals surface area contributed by atoms with Crippen molar-refractivity contribution in [3.63, 3.8) is 0 Å². The van der Waals surface area contributed by atoms with Crippen molar-refractivity contribution in [3.8, 4) is 21.7 Å². The molecule has 2 aromatic heterocycles. The minimum atomic E-state index is -1.14. The summed E-state index contributed by atoms with van der Waals surface area (Å²) >= 11 is 7.77. The first-order chi connectivity index (χ1) is 18.5. The van der Waals surface area contributed by atoms with Gasteiger partial charge in [-0.2, -0.15) is 0 Å². The summed E-state index contributed by atoms with van der Waals surface area (Å²) < 4.78 is 7.04. The predicted octanol–water partition coefficient (Wildman–Crippen LogP) is 6.68. The Bertz CT molecular complexity index is 1510. The van der Waals surface area contributed by atoms with Gasteiger partial charge in [0.1, 0.15) is 10.8 Å². The summed E-state index contributed by atoms with van der Waals surface area (Å²) in [5.74, 6) is -0.0857. The van der Waals surface area contributed by atoms with Crippen LogP contribution < -0.4 is 4.90 Å². The lowest BCUT2D eigenvalue weighted by Gasteiger charge is -2.33. The molecule has 0 radical (unpaired) electrons. The molecule has 1 N–H and O–H groups in total. The maximum atomic E-state index is 12.6. The van der Waals surface area contributed by atoms with Crippen molar-refractivity contribution in [2.24, 2.45) is 0 Å². The van der Waals surface area contributed by atoms with Crippen molar-refractivity contribution < 1.29 is 14.6 Å². The number of halogens is 1. The number of hydrogen-bond acceptors (Lipinski definition) is 7. The third-order valence-electron chi connectivity index (χ3n) is 6.84. The molecule has 1 fully saturated rings. The van der Waals surface area contributed by atoms with Gasteiger partial charge in [-0.05, 0) is 76.2 Å². The number of fused-ring (bicyclic) bond motifs is 1. The minimum absolute atomic E-state index is 0.614. The number of carboxylic acid groups (broad SMARTS) is 1. The van der Waals surface area contributed by atoms with Crippen LogP contribution in [-0.2, 0) is 9.53 Å². The Morgan fingerprint density at radius 1 is 1.08 bits per heavy atom. The van der Waals surface area contributed by atoms with Gasteiger partial charge in [0.2, 0.25) is 0 Å². The lowest BCUT2D eigenvalue weighted by Crippen LogP contribution is -2.44. The van der Waals surface area contributed by atoms with Crippen molar-refractivity contribution in [1.82, 2.24) is 14.9 Å². The molecule has 3 heterocycles. The third kappa shape index (κ3) is 5.94. The van der Waals surface area contributed by atoms with Gasteiger partial charge < -0.3 is 19.6 Å². The molecule has 0 aliphatic carbocycles. The Hall–Kier alpha value is -3.04. The quantitative estimate of drug-likeness (QED) is 0.280. The molecule has 0 saturated carbocycles. The van der Waals surface area contributed by atoms with Crippen molar-refractivity contribution in [2.75, 3.05) is 38.1 Å². The zero-order chi connectivity index (χ0) is 27.9. The smallest absolute Gasteiger partial charge is 0.337 e. The second kappa shape index (κ2) is 10.8. The number of anilines is 1. The maximum absolute atomic E-state index is 12.6. The van der Waals surface area contributed by atoms with E-state index in [2.05, 4.69) is 27.9 Å². The minimum Gasteiger partial charge on any atom is -0.479 e. The first kappa shape index (κ1) is 27.5. The molecule has 5 rings (SSSR count). The average molecular weight is 565 g/mol. The van der Waals surface area contributed by atoms with E-state index in [0.29, 0.717) is 10.6 Å². The summed E-state index contributed by atoms with van der Waals surface area (Å²) in [6.45, 7) is 11.4. The highest BCUT2D eigenvalue weighted by Gasteiger charge is 2.32. The summed E-state index contributed by atoms with van der Waals surface area (Å²) in [5.41, 5.74) is 4.28. The molecule has 2 aromatic carbocycles. The van der Waals surface area contributed by atoms with E-state index in [1.807, 2.05) is 70.3 Å². The Kier molecular flexibility index (Phi) is 7.66. The molecule has 39 heavy (non-hydrogen) atoms. The number of aryl methyl sites for hydroxylation is 1. The van der Waals surface area contributed by atoms with Crippen LogP contribution in [0.2, 0.25) is 5.02 Å². The average Bonchev–Trinajstić information content (AvgIpc) is 3.31. The third-order valence-corrected chi connectivity index (χ3v) is 8.23. The van der Waals surface area contributed by atoms with Crippen LogP contribution in [0.5, 0.6) is 0 Å². The number of benzene rings is 2. The molecule has 0 amide bonds. The number of nitrogens with zero attached hydrogens (tertiary/aromatic N) is 4. The molecule has 0 spiro atoms. The highest BCUT2D eigenvalue weighted by Crippen LogP contribution is 2.44. The van der Waals surface area contributed by atoms with Crippen LogP contribution in [0.15, 0.2) is 48.7 Å². The molecule has 9 heteroatoms. The van der Waals surface area contributed by atoms with Crippen LogP contribution in [0.3, 0.4) is 0 Å². The number of ether oxygens (including phenoxy) is 1. The zero-order valence-electron chi connectivity index (χ0n) is 22.9. The van der Waals surface area contributed by atoms with Crippen LogP contribution in [0.25, 0.3) is 31.9 Å². The molecule has 204 valence electrons. The standard InChI is InChI=1S/C30H33ClN4O3S/c1-18-16-22-27(39-28(33-22)20-10-11-32-23(17-20)35-14-12-34(5)13-15-35)25(19-6-8-21(31)9-7-19)24(18)26(29(36)37)38-30(2,3)4/h6-11,16-17,26H,12-15H2,1-5H3,(H,36,37)/t26-/m0/s1. The molecule has 1 aliphatic heterocycles.